The Morgan fingerprint density at radius 2 is 2.13 bits per heavy atom. The Morgan fingerprint density at radius 3 is 2.87 bits per heavy atom. The number of imidazole rings is 1. The Hall–Kier alpha value is -2.14. The maximum absolute atomic E-state index is 11.2. The number of aliphatic carboxylic acids is 1. The van der Waals surface area contributed by atoms with Gasteiger partial charge in [-0.1, -0.05) is 30.3 Å². The quantitative estimate of drug-likeness (QED) is 0.920. The number of hydrogen-bond donors (Lipinski definition) is 1. The zero-order valence-corrected chi connectivity index (χ0v) is 13.5. The monoisotopic (exact) mass is 313 g/mol. The number of carbonyl (C=O) groups is 1. The third-order valence-electron chi connectivity index (χ3n) is 4.63. The van der Waals surface area contributed by atoms with E-state index < -0.39 is 5.97 Å². The molecule has 1 aromatic heterocycles. The van der Waals surface area contributed by atoms with Gasteiger partial charge in [0.05, 0.1) is 12.5 Å². The Kier molecular flexibility index (Phi) is 4.76. The maximum atomic E-state index is 11.2. The van der Waals surface area contributed by atoms with Gasteiger partial charge in [-0.2, -0.15) is 0 Å². The zero-order valence-electron chi connectivity index (χ0n) is 13.5. The summed E-state index contributed by atoms with van der Waals surface area (Å²) in [5.74, 6) is 0.0779. The summed E-state index contributed by atoms with van der Waals surface area (Å²) in [4.78, 5) is 17.9. The molecule has 1 atom stereocenters. The van der Waals surface area contributed by atoms with E-state index in [1.165, 1.54) is 11.3 Å². The van der Waals surface area contributed by atoms with Gasteiger partial charge in [-0.05, 0) is 24.9 Å². The van der Waals surface area contributed by atoms with Crippen LogP contribution in [0.3, 0.4) is 0 Å². The van der Waals surface area contributed by atoms with E-state index in [1.54, 1.807) is 0 Å². The number of nitrogens with zero attached hydrogens (tertiary/aromatic N) is 3. The lowest BCUT2D eigenvalue weighted by atomic mass is 9.98. The van der Waals surface area contributed by atoms with E-state index >= 15 is 0 Å². The van der Waals surface area contributed by atoms with Gasteiger partial charge >= 0.3 is 5.97 Å². The minimum Gasteiger partial charge on any atom is -0.481 e. The first kappa shape index (κ1) is 15.7. The number of benzene rings is 1. The van der Waals surface area contributed by atoms with Crippen molar-refractivity contribution in [1.82, 2.24) is 14.5 Å². The fourth-order valence-electron chi connectivity index (χ4n) is 3.20. The van der Waals surface area contributed by atoms with E-state index in [0.29, 0.717) is 6.54 Å². The molecule has 0 spiro atoms. The van der Waals surface area contributed by atoms with E-state index in [1.807, 2.05) is 31.4 Å². The molecule has 5 heteroatoms. The normalized spacial score (nSPS) is 18.9. The smallest absolute Gasteiger partial charge is 0.307 e. The van der Waals surface area contributed by atoms with Crippen LogP contribution >= 0.6 is 0 Å². The molecule has 1 fully saturated rings. The van der Waals surface area contributed by atoms with Gasteiger partial charge < -0.3 is 9.67 Å². The number of hydrogen-bond acceptors (Lipinski definition) is 3. The summed E-state index contributed by atoms with van der Waals surface area (Å²) in [6.45, 7) is 2.29. The summed E-state index contributed by atoms with van der Waals surface area (Å²) >= 11 is 0. The molecular weight excluding hydrogens is 290 g/mol. The van der Waals surface area contributed by atoms with Crippen LogP contribution in [0.5, 0.6) is 0 Å². The third-order valence-corrected chi connectivity index (χ3v) is 4.63. The summed E-state index contributed by atoms with van der Waals surface area (Å²) in [6.07, 6.45) is 4.52. The predicted molar refractivity (Wildman–Crippen MR) is 88.1 cm³/mol. The van der Waals surface area contributed by atoms with Gasteiger partial charge in [0.25, 0.3) is 0 Å². The molecule has 1 saturated heterocycles. The number of carboxylic acids is 1. The van der Waals surface area contributed by atoms with Gasteiger partial charge in [0.15, 0.2) is 0 Å². The number of likely N-dealkylation sites (tertiary alicyclic amines) is 1. The van der Waals surface area contributed by atoms with Crippen LogP contribution in [0.4, 0.5) is 0 Å². The molecule has 0 aliphatic carbocycles. The van der Waals surface area contributed by atoms with Crippen molar-refractivity contribution >= 4 is 5.97 Å². The average Bonchev–Trinajstić information content (AvgIpc) is 2.89. The topological polar surface area (TPSA) is 58.4 Å². The van der Waals surface area contributed by atoms with E-state index in [-0.39, 0.29) is 5.92 Å². The average molecular weight is 313 g/mol. The molecule has 122 valence electrons. The molecule has 1 N–H and O–H groups in total. The first-order valence-electron chi connectivity index (χ1n) is 8.12. The van der Waals surface area contributed by atoms with Crippen molar-refractivity contribution < 1.29 is 9.90 Å². The summed E-state index contributed by atoms with van der Waals surface area (Å²) in [7, 11) is 2.04. The molecule has 5 nitrogen and oxygen atoms in total. The van der Waals surface area contributed by atoms with Gasteiger partial charge in [-0.15, -0.1) is 0 Å². The predicted octanol–water partition coefficient (Wildman–Crippen LogP) is 2.31. The minimum absolute atomic E-state index is 0.243. The van der Waals surface area contributed by atoms with Crippen molar-refractivity contribution in [1.29, 1.82) is 0 Å². The van der Waals surface area contributed by atoms with Crippen LogP contribution in [-0.4, -0.2) is 38.6 Å². The van der Waals surface area contributed by atoms with E-state index in [9.17, 15) is 9.90 Å². The number of rotatable bonds is 5. The van der Waals surface area contributed by atoms with Crippen LogP contribution in [-0.2, 0) is 24.8 Å². The largest absolute Gasteiger partial charge is 0.481 e. The molecule has 0 saturated carbocycles. The van der Waals surface area contributed by atoms with Gasteiger partial charge in [0.2, 0.25) is 0 Å². The fraction of sp³-hybridized carbons (Fsp3) is 0.444. The first-order valence-corrected chi connectivity index (χ1v) is 8.12. The lowest BCUT2D eigenvalue weighted by Crippen LogP contribution is -2.38. The minimum atomic E-state index is -0.681. The van der Waals surface area contributed by atoms with Crippen LogP contribution < -0.4 is 0 Å². The summed E-state index contributed by atoms with van der Waals surface area (Å²) < 4.78 is 2.14. The Morgan fingerprint density at radius 1 is 1.35 bits per heavy atom. The molecule has 0 amide bonds. The highest BCUT2D eigenvalue weighted by atomic mass is 16.4. The molecule has 0 bridgehead atoms. The molecule has 2 heterocycles. The second kappa shape index (κ2) is 6.96. The fourth-order valence-corrected chi connectivity index (χ4v) is 3.20. The lowest BCUT2D eigenvalue weighted by Gasteiger charge is -2.30. The summed E-state index contributed by atoms with van der Waals surface area (Å²) in [5, 5.41) is 9.20. The van der Waals surface area contributed by atoms with Crippen molar-refractivity contribution in [3.8, 4) is 0 Å². The summed E-state index contributed by atoms with van der Waals surface area (Å²) in [5.41, 5.74) is 2.45. The Bertz CT molecular complexity index is 666. The zero-order chi connectivity index (χ0) is 16.2. The highest BCUT2D eigenvalue weighted by Crippen LogP contribution is 2.19. The molecule has 3 rings (SSSR count). The van der Waals surface area contributed by atoms with Crippen molar-refractivity contribution in [2.24, 2.45) is 13.0 Å². The molecule has 23 heavy (non-hydrogen) atoms. The maximum Gasteiger partial charge on any atom is 0.307 e. The standard InChI is InChI=1S/C18H23N3O2/c1-20-16(10-14-6-3-2-4-7-14)11-19-17(20)13-21-9-5-8-15(12-21)18(22)23/h2-4,6-7,11,15H,5,8-10,12-13H2,1H3,(H,22,23)/t15-/m1/s1. The molecule has 0 unspecified atom stereocenters. The molecular formula is C18H23N3O2. The molecule has 0 radical (unpaired) electrons. The Balaban J connectivity index is 1.66. The number of piperidine rings is 1. The molecule has 1 aromatic carbocycles. The van der Waals surface area contributed by atoms with Gasteiger partial charge in [-0.25, -0.2) is 4.98 Å². The van der Waals surface area contributed by atoms with Crippen LogP contribution in [0.25, 0.3) is 0 Å². The van der Waals surface area contributed by atoms with Crippen molar-refractivity contribution in [2.75, 3.05) is 13.1 Å². The van der Waals surface area contributed by atoms with E-state index in [0.717, 1.165) is 38.2 Å². The van der Waals surface area contributed by atoms with Gasteiger partial charge in [-0.3, -0.25) is 9.69 Å². The summed E-state index contributed by atoms with van der Waals surface area (Å²) in [6, 6.07) is 10.4. The molecule has 1 aliphatic rings. The Labute approximate surface area is 136 Å². The van der Waals surface area contributed by atoms with E-state index in [2.05, 4.69) is 26.6 Å². The SMILES string of the molecule is Cn1c(Cc2ccccc2)cnc1CN1CCC[C@@H](C(=O)O)C1. The highest BCUT2D eigenvalue weighted by molar-refractivity contribution is 5.70. The second-order valence-electron chi connectivity index (χ2n) is 6.30. The molecule has 2 aromatic rings. The highest BCUT2D eigenvalue weighted by Gasteiger charge is 2.26. The van der Waals surface area contributed by atoms with Crippen LogP contribution in [0.2, 0.25) is 0 Å². The number of aromatic nitrogens is 2. The van der Waals surface area contributed by atoms with Crippen LogP contribution in [0, 0.1) is 5.92 Å². The first-order chi connectivity index (χ1) is 11.1. The third kappa shape index (κ3) is 3.79. The number of carboxylic acid groups (broad SMARTS) is 1. The molecule has 1 aliphatic heterocycles. The van der Waals surface area contributed by atoms with Crippen LogP contribution in [0.15, 0.2) is 36.5 Å². The van der Waals surface area contributed by atoms with Gasteiger partial charge in [0.1, 0.15) is 5.82 Å². The van der Waals surface area contributed by atoms with Crippen molar-refractivity contribution in [3.05, 3.63) is 53.6 Å². The van der Waals surface area contributed by atoms with Crippen LogP contribution in [0.1, 0.15) is 29.9 Å². The lowest BCUT2D eigenvalue weighted by molar-refractivity contribution is -0.143. The van der Waals surface area contributed by atoms with E-state index in [4.69, 9.17) is 0 Å². The second-order valence-corrected chi connectivity index (χ2v) is 6.30. The van der Waals surface area contributed by atoms with Crippen molar-refractivity contribution in [2.45, 2.75) is 25.8 Å². The van der Waals surface area contributed by atoms with Crippen molar-refractivity contribution in [3.63, 3.8) is 0 Å². The van der Waals surface area contributed by atoms with Gasteiger partial charge in [0, 0.05) is 31.9 Å².